The minimum absolute atomic E-state index is 0.102. The van der Waals surface area contributed by atoms with E-state index in [-0.39, 0.29) is 5.91 Å². The smallest absolute Gasteiger partial charge is 0.242 e. The molecule has 1 amide bonds. The molecule has 3 nitrogen and oxygen atoms in total. The maximum absolute atomic E-state index is 12.9. The fraction of sp³-hybridized carbons (Fsp3) is 0.176. The predicted molar refractivity (Wildman–Crippen MR) is 101 cm³/mol. The Morgan fingerprint density at radius 3 is 2.35 bits per heavy atom. The molecule has 2 aromatic carbocycles. The molecule has 2 heterocycles. The summed E-state index contributed by atoms with van der Waals surface area (Å²) in [6, 6.07) is 16.2. The fourth-order valence-electron chi connectivity index (χ4n) is 2.56. The molecule has 4 rings (SSSR count). The normalized spacial score (nSPS) is 15.8. The van der Waals surface area contributed by atoms with Crippen LogP contribution < -0.4 is 4.90 Å². The number of carbonyl (C=O) groups is 1. The number of anilines is 2. The van der Waals surface area contributed by atoms with Crippen LogP contribution in [0.15, 0.2) is 63.3 Å². The SMILES string of the molecule is O=C(CSC1=NCCS1)N1c2ccccc2Sc2ccccc21. The molecule has 2 aliphatic rings. The topological polar surface area (TPSA) is 32.7 Å². The van der Waals surface area contributed by atoms with Crippen molar-refractivity contribution in [3.05, 3.63) is 48.5 Å². The van der Waals surface area contributed by atoms with Crippen molar-refractivity contribution in [2.24, 2.45) is 4.99 Å². The van der Waals surface area contributed by atoms with E-state index in [0.29, 0.717) is 5.75 Å². The average Bonchev–Trinajstić information content (AvgIpc) is 3.11. The van der Waals surface area contributed by atoms with Gasteiger partial charge in [-0.3, -0.25) is 14.7 Å². The quantitative estimate of drug-likeness (QED) is 0.782. The van der Waals surface area contributed by atoms with Gasteiger partial charge in [0, 0.05) is 15.5 Å². The number of thioether (sulfide) groups is 2. The highest BCUT2D eigenvalue weighted by molar-refractivity contribution is 8.39. The number of hydrogen-bond donors (Lipinski definition) is 0. The lowest BCUT2D eigenvalue weighted by atomic mass is 10.2. The summed E-state index contributed by atoms with van der Waals surface area (Å²) in [7, 11) is 0. The van der Waals surface area contributed by atoms with Crippen LogP contribution in [0.2, 0.25) is 0 Å². The molecule has 0 spiro atoms. The summed E-state index contributed by atoms with van der Waals surface area (Å²) < 4.78 is 1.03. The summed E-state index contributed by atoms with van der Waals surface area (Å²) in [6.07, 6.45) is 0. The van der Waals surface area contributed by atoms with E-state index in [1.165, 1.54) is 0 Å². The highest BCUT2D eigenvalue weighted by Gasteiger charge is 2.28. The lowest BCUT2D eigenvalue weighted by Gasteiger charge is -2.30. The van der Waals surface area contributed by atoms with Crippen molar-refractivity contribution in [3.8, 4) is 0 Å². The molecule has 23 heavy (non-hydrogen) atoms. The summed E-state index contributed by atoms with van der Waals surface area (Å²) in [6.45, 7) is 0.868. The van der Waals surface area contributed by atoms with Gasteiger partial charge in [0.2, 0.25) is 5.91 Å². The van der Waals surface area contributed by atoms with Gasteiger partial charge in [-0.25, -0.2) is 0 Å². The van der Waals surface area contributed by atoms with E-state index in [2.05, 4.69) is 17.1 Å². The van der Waals surface area contributed by atoms with Crippen LogP contribution in [0.25, 0.3) is 0 Å². The van der Waals surface area contributed by atoms with Crippen LogP contribution >= 0.6 is 35.3 Å². The minimum atomic E-state index is 0.102. The van der Waals surface area contributed by atoms with Crippen molar-refractivity contribution in [1.29, 1.82) is 0 Å². The number of benzene rings is 2. The molecule has 0 fully saturated rings. The minimum Gasteiger partial charge on any atom is -0.278 e. The van der Waals surface area contributed by atoms with Gasteiger partial charge in [0.15, 0.2) is 0 Å². The Morgan fingerprint density at radius 1 is 1.09 bits per heavy atom. The number of carbonyl (C=O) groups excluding carboxylic acids is 1. The summed E-state index contributed by atoms with van der Waals surface area (Å²) in [4.78, 5) is 21.4. The number of fused-ring (bicyclic) bond motifs is 2. The molecule has 0 saturated heterocycles. The highest BCUT2D eigenvalue weighted by atomic mass is 32.2. The van der Waals surface area contributed by atoms with Crippen LogP contribution in [0, 0.1) is 0 Å². The van der Waals surface area contributed by atoms with E-state index in [0.717, 1.165) is 37.8 Å². The van der Waals surface area contributed by atoms with Crippen LogP contribution in [0.4, 0.5) is 11.4 Å². The van der Waals surface area contributed by atoms with Gasteiger partial charge in [-0.15, -0.1) is 0 Å². The molecule has 2 aliphatic heterocycles. The van der Waals surface area contributed by atoms with Crippen LogP contribution in [0.1, 0.15) is 0 Å². The second-order valence-electron chi connectivity index (χ2n) is 5.05. The second-order valence-corrected chi connectivity index (χ2v) is 8.44. The Labute approximate surface area is 147 Å². The zero-order chi connectivity index (χ0) is 15.6. The van der Waals surface area contributed by atoms with Crippen molar-refractivity contribution in [2.75, 3.05) is 23.0 Å². The van der Waals surface area contributed by atoms with Crippen LogP contribution in [-0.2, 0) is 4.79 Å². The van der Waals surface area contributed by atoms with Crippen LogP contribution in [0.5, 0.6) is 0 Å². The summed E-state index contributed by atoms with van der Waals surface area (Å²) in [5, 5.41) is 0. The van der Waals surface area contributed by atoms with Gasteiger partial charge in [0.25, 0.3) is 0 Å². The zero-order valence-electron chi connectivity index (χ0n) is 12.3. The number of hydrogen-bond acceptors (Lipinski definition) is 5. The third-order valence-electron chi connectivity index (χ3n) is 3.56. The molecule has 0 unspecified atom stereocenters. The monoisotopic (exact) mass is 358 g/mol. The van der Waals surface area contributed by atoms with Crippen molar-refractivity contribution in [2.45, 2.75) is 9.79 Å². The fourth-order valence-corrected chi connectivity index (χ4v) is 5.48. The maximum Gasteiger partial charge on any atom is 0.242 e. The Bertz CT molecular complexity index is 745. The summed E-state index contributed by atoms with van der Waals surface area (Å²) in [5.74, 6) is 1.55. The van der Waals surface area contributed by atoms with E-state index >= 15 is 0 Å². The molecular weight excluding hydrogens is 344 g/mol. The summed E-state index contributed by atoms with van der Waals surface area (Å²) in [5.41, 5.74) is 1.95. The van der Waals surface area contributed by atoms with Gasteiger partial charge in [-0.1, -0.05) is 59.6 Å². The number of amides is 1. The zero-order valence-corrected chi connectivity index (χ0v) is 14.7. The van der Waals surface area contributed by atoms with Gasteiger partial charge in [0.1, 0.15) is 4.38 Å². The molecule has 0 aliphatic carbocycles. The lowest BCUT2D eigenvalue weighted by Crippen LogP contribution is -2.30. The van der Waals surface area contributed by atoms with Crippen molar-refractivity contribution < 1.29 is 4.79 Å². The Hall–Kier alpha value is -1.37. The Balaban J connectivity index is 1.65. The highest BCUT2D eigenvalue weighted by Crippen LogP contribution is 2.48. The van der Waals surface area contributed by atoms with E-state index in [4.69, 9.17) is 0 Å². The van der Waals surface area contributed by atoms with Gasteiger partial charge >= 0.3 is 0 Å². The first-order valence-corrected chi connectivity index (χ1v) is 10.1. The Kier molecular flexibility index (Phi) is 4.37. The van der Waals surface area contributed by atoms with E-state index in [1.54, 1.807) is 35.3 Å². The van der Waals surface area contributed by atoms with E-state index in [9.17, 15) is 4.79 Å². The standard InChI is InChI=1S/C17H14N2OS3/c20-16(11-22-17-18-9-10-21-17)19-12-5-1-3-7-14(12)23-15-8-4-2-6-13(15)19/h1-8H,9-11H2. The Morgan fingerprint density at radius 2 is 1.74 bits per heavy atom. The number of para-hydroxylation sites is 2. The summed E-state index contributed by atoms with van der Waals surface area (Å²) >= 11 is 5.01. The molecule has 2 aromatic rings. The molecule has 0 saturated carbocycles. The maximum atomic E-state index is 12.9. The van der Waals surface area contributed by atoms with Gasteiger partial charge in [-0.2, -0.15) is 0 Å². The average molecular weight is 359 g/mol. The molecule has 0 atom stereocenters. The van der Waals surface area contributed by atoms with Gasteiger partial charge in [-0.05, 0) is 24.3 Å². The number of rotatable bonds is 2. The molecule has 6 heteroatoms. The third-order valence-corrected chi connectivity index (χ3v) is 6.93. The number of nitrogens with zero attached hydrogens (tertiary/aromatic N) is 2. The van der Waals surface area contributed by atoms with Crippen molar-refractivity contribution in [1.82, 2.24) is 0 Å². The first kappa shape index (κ1) is 15.2. The first-order chi connectivity index (χ1) is 11.3. The van der Waals surface area contributed by atoms with Gasteiger partial charge in [0.05, 0.1) is 23.7 Å². The van der Waals surface area contributed by atoms with Crippen molar-refractivity contribution in [3.63, 3.8) is 0 Å². The van der Waals surface area contributed by atoms with Gasteiger partial charge < -0.3 is 0 Å². The molecule has 116 valence electrons. The molecule has 0 N–H and O–H groups in total. The second kappa shape index (κ2) is 6.63. The molecule has 0 bridgehead atoms. The first-order valence-electron chi connectivity index (χ1n) is 7.32. The van der Waals surface area contributed by atoms with Crippen LogP contribution in [-0.4, -0.2) is 28.3 Å². The largest absolute Gasteiger partial charge is 0.278 e. The van der Waals surface area contributed by atoms with E-state index in [1.807, 2.05) is 41.3 Å². The molecule has 0 radical (unpaired) electrons. The third kappa shape index (κ3) is 3.03. The van der Waals surface area contributed by atoms with Crippen molar-refractivity contribution >= 4 is 56.9 Å². The molecular formula is C17H14N2OS3. The van der Waals surface area contributed by atoms with Crippen LogP contribution in [0.3, 0.4) is 0 Å². The van der Waals surface area contributed by atoms with E-state index < -0.39 is 0 Å². The predicted octanol–water partition coefficient (Wildman–Crippen LogP) is 4.65. The lowest BCUT2D eigenvalue weighted by molar-refractivity contribution is -0.115. The number of aliphatic imine (C=N–C) groups is 1. The molecule has 0 aromatic heterocycles.